The molecule has 3 nitrogen and oxygen atoms in total. The van der Waals surface area contributed by atoms with E-state index in [1.54, 1.807) is 23.5 Å². The number of hydrogen-bond donors (Lipinski definition) is 1. The number of aryl methyl sites for hydroxylation is 2. The van der Waals surface area contributed by atoms with Crippen LogP contribution in [-0.4, -0.2) is 9.38 Å². The molecule has 0 aliphatic rings. The van der Waals surface area contributed by atoms with Gasteiger partial charge in [0.25, 0.3) is 0 Å². The van der Waals surface area contributed by atoms with Crippen molar-refractivity contribution in [2.45, 2.75) is 20.4 Å². The highest BCUT2D eigenvalue weighted by Gasteiger charge is 2.12. The van der Waals surface area contributed by atoms with Gasteiger partial charge < -0.3 is 5.32 Å². The first-order chi connectivity index (χ1) is 9.95. The van der Waals surface area contributed by atoms with Crippen molar-refractivity contribution in [2.24, 2.45) is 0 Å². The van der Waals surface area contributed by atoms with E-state index in [2.05, 4.69) is 27.8 Å². The van der Waals surface area contributed by atoms with Gasteiger partial charge in [0.05, 0.1) is 38.7 Å². The van der Waals surface area contributed by atoms with Gasteiger partial charge in [-0.15, -0.1) is 11.3 Å². The van der Waals surface area contributed by atoms with E-state index in [0.29, 0.717) is 21.6 Å². The number of benzene rings is 1. The summed E-state index contributed by atoms with van der Waals surface area (Å²) in [5, 5.41) is 4.76. The zero-order valence-corrected chi connectivity index (χ0v) is 14.5. The normalized spacial score (nSPS) is 11.3. The molecule has 1 aromatic carbocycles. The number of fused-ring (bicyclic) bond motifs is 1. The van der Waals surface area contributed by atoms with Crippen molar-refractivity contribution in [3.05, 3.63) is 49.7 Å². The first-order valence-corrected chi connectivity index (χ1v) is 8.23. The van der Waals surface area contributed by atoms with Crippen molar-refractivity contribution in [3.63, 3.8) is 0 Å². The van der Waals surface area contributed by atoms with Crippen molar-refractivity contribution in [1.82, 2.24) is 9.38 Å². The first-order valence-electron chi connectivity index (χ1n) is 6.28. The van der Waals surface area contributed by atoms with Crippen molar-refractivity contribution >= 4 is 56.8 Å². The molecule has 0 spiro atoms. The Balaban J connectivity index is 1.90. The highest BCUT2D eigenvalue weighted by atomic mass is 35.5. The molecule has 3 aromatic rings. The third kappa shape index (κ3) is 2.86. The SMILES string of the molecule is Cc1cn2c(CNc3cc(Cl)c(Cl)cc3Cl)c(C)nc2s1. The number of halogens is 3. The lowest BCUT2D eigenvalue weighted by Crippen LogP contribution is -2.04. The third-order valence-electron chi connectivity index (χ3n) is 3.20. The molecule has 0 unspecified atom stereocenters. The molecular formula is C14H12Cl3N3S. The largest absolute Gasteiger partial charge is 0.378 e. The molecule has 0 saturated carbocycles. The summed E-state index contributed by atoms with van der Waals surface area (Å²) in [6, 6.07) is 3.38. The van der Waals surface area contributed by atoms with E-state index in [1.807, 2.05) is 6.92 Å². The quantitative estimate of drug-likeness (QED) is 0.617. The van der Waals surface area contributed by atoms with Crippen LogP contribution in [0.25, 0.3) is 4.96 Å². The van der Waals surface area contributed by atoms with Gasteiger partial charge in [0.15, 0.2) is 4.96 Å². The van der Waals surface area contributed by atoms with Crippen LogP contribution in [0.4, 0.5) is 5.69 Å². The lowest BCUT2D eigenvalue weighted by molar-refractivity contribution is 0.991. The van der Waals surface area contributed by atoms with Crippen LogP contribution in [0.15, 0.2) is 18.3 Å². The van der Waals surface area contributed by atoms with E-state index >= 15 is 0 Å². The average Bonchev–Trinajstić information content (AvgIpc) is 2.88. The maximum Gasteiger partial charge on any atom is 0.194 e. The molecule has 7 heteroatoms. The van der Waals surface area contributed by atoms with E-state index in [9.17, 15) is 0 Å². The Morgan fingerprint density at radius 1 is 1.14 bits per heavy atom. The molecule has 0 fully saturated rings. The van der Waals surface area contributed by atoms with Crippen LogP contribution in [0.1, 0.15) is 16.3 Å². The Morgan fingerprint density at radius 2 is 1.86 bits per heavy atom. The van der Waals surface area contributed by atoms with Crippen LogP contribution < -0.4 is 5.32 Å². The zero-order chi connectivity index (χ0) is 15.1. The second kappa shape index (κ2) is 5.69. The fourth-order valence-corrected chi connectivity index (χ4v) is 3.66. The van der Waals surface area contributed by atoms with Crippen LogP contribution in [0.3, 0.4) is 0 Å². The highest BCUT2D eigenvalue weighted by Crippen LogP contribution is 2.32. The molecule has 0 bridgehead atoms. The fraction of sp³-hybridized carbons (Fsp3) is 0.214. The van der Waals surface area contributed by atoms with Gasteiger partial charge in [-0.05, 0) is 26.0 Å². The van der Waals surface area contributed by atoms with E-state index in [1.165, 1.54) is 4.88 Å². The van der Waals surface area contributed by atoms with Gasteiger partial charge in [0.2, 0.25) is 0 Å². The van der Waals surface area contributed by atoms with Crippen molar-refractivity contribution in [2.75, 3.05) is 5.32 Å². The number of nitrogens with zero attached hydrogens (tertiary/aromatic N) is 2. The molecule has 21 heavy (non-hydrogen) atoms. The zero-order valence-electron chi connectivity index (χ0n) is 11.4. The van der Waals surface area contributed by atoms with Crippen molar-refractivity contribution < 1.29 is 0 Å². The van der Waals surface area contributed by atoms with Gasteiger partial charge in [-0.3, -0.25) is 4.40 Å². The van der Waals surface area contributed by atoms with Gasteiger partial charge in [-0.1, -0.05) is 34.8 Å². The Kier molecular flexibility index (Phi) is 4.06. The maximum atomic E-state index is 6.18. The number of imidazole rings is 1. The second-order valence-corrected chi connectivity index (χ2v) is 7.17. The first kappa shape index (κ1) is 15.0. The van der Waals surface area contributed by atoms with Gasteiger partial charge in [0, 0.05) is 11.1 Å². The Hall–Kier alpha value is -0.940. The summed E-state index contributed by atoms with van der Waals surface area (Å²) in [6.07, 6.45) is 2.09. The molecule has 0 amide bonds. The van der Waals surface area contributed by atoms with Gasteiger partial charge in [-0.2, -0.15) is 0 Å². The predicted octanol–water partition coefficient (Wildman–Crippen LogP) is 5.58. The van der Waals surface area contributed by atoms with Crippen LogP contribution in [0.5, 0.6) is 0 Å². The van der Waals surface area contributed by atoms with Crippen molar-refractivity contribution in [3.8, 4) is 0 Å². The van der Waals surface area contributed by atoms with Gasteiger partial charge in [-0.25, -0.2) is 4.98 Å². The molecule has 0 saturated heterocycles. The Bertz CT molecular complexity index is 823. The molecule has 0 atom stereocenters. The summed E-state index contributed by atoms with van der Waals surface area (Å²) in [5.41, 5.74) is 2.87. The van der Waals surface area contributed by atoms with Gasteiger partial charge in [0.1, 0.15) is 0 Å². The number of nitrogens with one attached hydrogen (secondary N) is 1. The molecule has 110 valence electrons. The van der Waals surface area contributed by atoms with E-state index in [-0.39, 0.29) is 0 Å². The highest BCUT2D eigenvalue weighted by molar-refractivity contribution is 7.17. The van der Waals surface area contributed by atoms with E-state index in [4.69, 9.17) is 34.8 Å². The number of rotatable bonds is 3. The summed E-state index contributed by atoms with van der Waals surface area (Å²) in [7, 11) is 0. The molecule has 3 rings (SSSR count). The number of aromatic nitrogens is 2. The Morgan fingerprint density at radius 3 is 2.62 bits per heavy atom. The average molecular weight is 361 g/mol. The van der Waals surface area contributed by atoms with E-state index in [0.717, 1.165) is 22.0 Å². The third-order valence-corrected chi connectivity index (χ3v) is 5.13. The Labute approximate surface area is 141 Å². The van der Waals surface area contributed by atoms with Crippen LogP contribution in [0.2, 0.25) is 15.1 Å². The lowest BCUT2D eigenvalue weighted by Gasteiger charge is -2.10. The second-order valence-electron chi connectivity index (χ2n) is 4.74. The van der Waals surface area contributed by atoms with Crippen LogP contribution >= 0.6 is 46.1 Å². The molecule has 2 heterocycles. The summed E-state index contributed by atoms with van der Waals surface area (Å²) in [4.78, 5) is 6.79. The number of thiazole rings is 1. The monoisotopic (exact) mass is 359 g/mol. The number of anilines is 1. The molecule has 0 radical (unpaired) electrons. The predicted molar refractivity (Wildman–Crippen MR) is 91.3 cm³/mol. The minimum absolute atomic E-state index is 0.448. The summed E-state index contributed by atoms with van der Waals surface area (Å²) < 4.78 is 2.10. The number of hydrogen-bond acceptors (Lipinski definition) is 3. The molecule has 1 N–H and O–H groups in total. The summed E-state index contributed by atoms with van der Waals surface area (Å²) in [6.45, 7) is 4.69. The maximum absolute atomic E-state index is 6.18. The molecule has 2 aromatic heterocycles. The standard InChI is InChI=1S/C14H12Cl3N3S/c1-7-6-20-13(8(2)19-14(20)21-7)5-18-12-4-10(16)9(15)3-11(12)17/h3-4,6,18H,5H2,1-2H3. The topological polar surface area (TPSA) is 29.3 Å². The minimum Gasteiger partial charge on any atom is -0.378 e. The van der Waals surface area contributed by atoms with Crippen molar-refractivity contribution in [1.29, 1.82) is 0 Å². The molecule has 0 aliphatic carbocycles. The molecular weight excluding hydrogens is 349 g/mol. The van der Waals surface area contributed by atoms with Crippen LogP contribution in [0, 0.1) is 13.8 Å². The van der Waals surface area contributed by atoms with Gasteiger partial charge >= 0.3 is 0 Å². The summed E-state index contributed by atoms with van der Waals surface area (Å²) in [5.74, 6) is 0. The van der Waals surface area contributed by atoms with E-state index < -0.39 is 0 Å². The molecule has 0 aliphatic heterocycles. The van der Waals surface area contributed by atoms with Crippen LogP contribution in [-0.2, 0) is 6.54 Å². The fourth-order valence-electron chi connectivity index (χ4n) is 2.16. The lowest BCUT2D eigenvalue weighted by atomic mass is 10.3. The minimum atomic E-state index is 0.448. The smallest absolute Gasteiger partial charge is 0.194 e. The summed E-state index contributed by atoms with van der Waals surface area (Å²) >= 11 is 19.8.